The molecule has 14 nitrogen and oxygen atoms in total. The van der Waals surface area contributed by atoms with Gasteiger partial charge in [-0.1, -0.05) is 72.8 Å². The average Bonchev–Trinajstić information content (AvgIpc) is 2.99. The molecule has 3 aromatic rings. The van der Waals surface area contributed by atoms with E-state index in [-0.39, 0.29) is 24.7 Å². The number of benzene rings is 3. The lowest BCUT2D eigenvalue weighted by Crippen LogP contribution is -2.74. The van der Waals surface area contributed by atoms with E-state index in [1.165, 1.54) is 24.3 Å². The van der Waals surface area contributed by atoms with Gasteiger partial charge >= 0.3 is 18.0 Å². The Morgan fingerprint density at radius 3 is 1.98 bits per heavy atom. The number of amides is 3. The first-order valence-electron chi connectivity index (χ1n) is 13.2. The molecule has 0 aromatic heterocycles. The molecule has 3 rings (SSSR count). The number of nitrogens with one attached hydrogen (secondary N) is 2. The third-order valence-electron chi connectivity index (χ3n) is 6.44. The number of hydroxylamine groups is 2. The van der Waals surface area contributed by atoms with Gasteiger partial charge in [0.25, 0.3) is 5.66 Å². The summed E-state index contributed by atoms with van der Waals surface area (Å²) < 4.78 is 0. The highest BCUT2D eigenvalue weighted by Crippen LogP contribution is 2.26. The lowest BCUT2D eigenvalue weighted by Gasteiger charge is -2.40. The Balaban J connectivity index is 2.08. The number of hydrogen-bond donors (Lipinski definition) is 6. The summed E-state index contributed by atoms with van der Waals surface area (Å²) in [6.45, 7) is 0.461. The van der Waals surface area contributed by atoms with Gasteiger partial charge in [0, 0.05) is 11.3 Å². The highest BCUT2D eigenvalue weighted by molar-refractivity contribution is 6.18. The molecule has 230 valence electrons. The number of anilines is 1. The summed E-state index contributed by atoms with van der Waals surface area (Å²) in [5.74, 6) is -5.99. The number of Topliss-reactive ketones (excluding diaryl/α,β-unsaturated/α-hetero) is 1. The van der Waals surface area contributed by atoms with Crippen LogP contribution in [0.25, 0.3) is 0 Å². The summed E-state index contributed by atoms with van der Waals surface area (Å²) in [7, 11) is 0. The molecule has 0 unspecified atom stereocenters. The first-order chi connectivity index (χ1) is 20.9. The summed E-state index contributed by atoms with van der Waals surface area (Å²) in [4.78, 5) is 71.2. The number of ketones is 1. The number of carbonyl (C=O) groups excluding carboxylic acids is 3. The normalized spacial score (nSPS) is 12.7. The van der Waals surface area contributed by atoms with Gasteiger partial charge in [0.15, 0.2) is 5.78 Å². The molecule has 0 saturated carbocycles. The minimum absolute atomic E-state index is 0.134. The van der Waals surface area contributed by atoms with E-state index in [2.05, 4.69) is 5.32 Å². The van der Waals surface area contributed by atoms with Crippen molar-refractivity contribution in [2.75, 3.05) is 4.90 Å². The molecular formula is C30H32N6O8. The van der Waals surface area contributed by atoms with Gasteiger partial charge in [0.2, 0.25) is 5.91 Å². The first-order valence-corrected chi connectivity index (χ1v) is 13.2. The van der Waals surface area contributed by atoms with Gasteiger partial charge in [-0.25, -0.2) is 9.59 Å². The second-order valence-corrected chi connectivity index (χ2v) is 9.62. The van der Waals surface area contributed by atoms with Gasteiger partial charge in [-0.2, -0.15) is 5.06 Å². The van der Waals surface area contributed by atoms with E-state index >= 15 is 0 Å². The molecule has 0 fully saturated rings. The predicted molar refractivity (Wildman–Crippen MR) is 158 cm³/mol. The maximum atomic E-state index is 13.8. The van der Waals surface area contributed by atoms with Crippen LogP contribution in [0.4, 0.5) is 10.5 Å². The van der Waals surface area contributed by atoms with Gasteiger partial charge in [-0.15, -0.1) is 0 Å². The lowest BCUT2D eigenvalue weighted by atomic mass is 9.99. The van der Waals surface area contributed by atoms with Crippen LogP contribution in [-0.4, -0.2) is 62.5 Å². The number of rotatable bonds is 14. The highest BCUT2D eigenvalue weighted by Gasteiger charge is 2.55. The molecule has 3 amide bonds. The minimum Gasteiger partial charge on any atom is -0.481 e. The van der Waals surface area contributed by atoms with Crippen molar-refractivity contribution >= 4 is 41.2 Å². The number of para-hydroxylation sites is 1. The van der Waals surface area contributed by atoms with Crippen LogP contribution in [0, 0.1) is 5.41 Å². The second kappa shape index (κ2) is 14.5. The van der Waals surface area contributed by atoms with Gasteiger partial charge in [0.1, 0.15) is 12.4 Å². The van der Waals surface area contributed by atoms with Crippen LogP contribution in [0.15, 0.2) is 84.9 Å². The Kier molecular flexibility index (Phi) is 10.9. The number of carboxylic acid groups (broad SMARTS) is 2. The van der Waals surface area contributed by atoms with Crippen molar-refractivity contribution in [3.63, 3.8) is 0 Å². The number of nitrogen functional groups attached to an aromatic ring is 1. The van der Waals surface area contributed by atoms with E-state index in [0.29, 0.717) is 21.6 Å². The molecule has 0 aliphatic heterocycles. The number of aliphatic carboxylic acids is 2. The van der Waals surface area contributed by atoms with Crippen molar-refractivity contribution in [2.24, 2.45) is 11.5 Å². The number of carbonyl (C=O) groups is 5. The molecule has 14 heteroatoms. The zero-order valence-corrected chi connectivity index (χ0v) is 23.7. The van der Waals surface area contributed by atoms with Gasteiger partial charge in [-0.3, -0.25) is 34.8 Å². The van der Waals surface area contributed by atoms with Crippen LogP contribution in [0.3, 0.4) is 0 Å². The zero-order valence-electron chi connectivity index (χ0n) is 23.7. The quantitative estimate of drug-likeness (QED) is 0.0514. The SMILES string of the molecule is CC(=O)[C@@](NC(=O)N(Cc1ccc(C(=N)N)cc1)OCc1ccccc1)(C(=O)O)N(C(=O)[C@@H](N)CC(=O)O)c1ccccc1. The number of amidine groups is 1. The fourth-order valence-electron chi connectivity index (χ4n) is 4.18. The van der Waals surface area contributed by atoms with Gasteiger partial charge in [-0.05, 0) is 30.2 Å². The van der Waals surface area contributed by atoms with Crippen LogP contribution in [0.1, 0.15) is 30.0 Å². The van der Waals surface area contributed by atoms with Crippen LogP contribution in [0.5, 0.6) is 0 Å². The molecular weight excluding hydrogens is 572 g/mol. The Morgan fingerprint density at radius 2 is 1.48 bits per heavy atom. The van der Waals surface area contributed by atoms with Gasteiger partial charge < -0.3 is 21.7 Å². The number of nitrogens with two attached hydrogens (primary N) is 2. The third-order valence-corrected chi connectivity index (χ3v) is 6.44. The summed E-state index contributed by atoms with van der Waals surface area (Å²) in [6.07, 6.45) is -0.883. The Hall–Kier alpha value is -5.60. The number of nitrogens with zero attached hydrogens (tertiary/aromatic N) is 2. The Labute approximate surface area is 252 Å². The Morgan fingerprint density at radius 1 is 0.909 bits per heavy atom. The maximum Gasteiger partial charge on any atom is 0.359 e. The largest absolute Gasteiger partial charge is 0.481 e. The zero-order chi connectivity index (χ0) is 32.4. The summed E-state index contributed by atoms with van der Waals surface area (Å²) in [6, 6.07) is 19.1. The van der Waals surface area contributed by atoms with Crippen molar-refractivity contribution in [1.29, 1.82) is 5.41 Å². The molecule has 0 aliphatic rings. The molecule has 0 heterocycles. The Bertz CT molecular complexity index is 1500. The molecule has 3 aromatic carbocycles. The van der Waals surface area contributed by atoms with Crippen molar-refractivity contribution in [2.45, 2.75) is 38.2 Å². The molecule has 2 atom stereocenters. The van der Waals surface area contributed by atoms with E-state index in [1.807, 2.05) is 0 Å². The fourth-order valence-corrected chi connectivity index (χ4v) is 4.18. The first kappa shape index (κ1) is 32.9. The number of hydrogen-bond acceptors (Lipinski definition) is 8. The van der Waals surface area contributed by atoms with E-state index in [1.54, 1.807) is 60.7 Å². The van der Waals surface area contributed by atoms with E-state index < -0.39 is 47.8 Å². The van der Waals surface area contributed by atoms with Crippen LogP contribution in [0.2, 0.25) is 0 Å². The van der Waals surface area contributed by atoms with Gasteiger partial charge in [0.05, 0.1) is 19.0 Å². The topological polar surface area (TPSA) is 229 Å². The number of carboxylic acids is 2. The predicted octanol–water partition coefficient (Wildman–Crippen LogP) is 1.82. The van der Waals surface area contributed by atoms with E-state index in [4.69, 9.17) is 21.7 Å². The molecule has 44 heavy (non-hydrogen) atoms. The molecule has 0 aliphatic carbocycles. The van der Waals surface area contributed by atoms with Crippen molar-refractivity contribution in [3.05, 3.63) is 102 Å². The highest BCUT2D eigenvalue weighted by atomic mass is 16.7. The third kappa shape index (κ3) is 7.81. The molecule has 8 N–H and O–H groups in total. The molecule has 0 saturated heterocycles. The van der Waals surface area contributed by atoms with Crippen LogP contribution < -0.4 is 21.7 Å². The maximum absolute atomic E-state index is 13.8. The van der Waals surface area contributed by atoms with Crippen molar-refractivity contribution < 1.29 is 39.0 Å². The molecule has 0 spiro atoms. The van der Waals surface area contributed by atoms with Crippen molar-refractivity contribution in [1.82, 2.24) is 10.4 Å². The summed E-state index contributed by atoms with van der Waals surface area (Å²) in [5, 5.41) is 30.2. The van der Waals surface area contributed by atoms with Crippen molar-refractivity contribution in [3.8, 4) is 0 Å². The lowest BCUT2D eigenvalue weighted by molar-refractivity contribution is -0.154. The molecule has 0 bridgehead atoms. The fraction of sp³-hybridized carbons (Fsp3) is 0.200. The van der Waals surface area contributed by atoms with Crippen LogP contribution in [-0.2, 0) is 37.2 Å². The van der Waals surface area contributed by atoms with E-state index in [9.17, 15) is 34.2 Å². The monoisotopic (exact) mass is 604 g/mol. The van der Waals surface area contributed by atoms with Crippen LogP contribution >= 0.6 is 0 Å². The minimum atomic E-state index is -3.07. The standard InChI is InChI=1S/C30H32N6O8/c1-19(37)30(28(41)42,36(23-10-6-3-7-11-23)27(40)24(31)16-25(38)39)34-29(43)35(44-18-21-8-4-2-5-9-21)17-20-12-14-22(15-13-20)26(32)33/h2-15,24H,16-18,31H2,1H3,(H3,32,33)(H,34,43)(H,38,39)(H,41,42)/t24-,30-/m0/s1. The van der Waals surface area contributed by atoms with E-state index in [0.717, 1.165) is 12.0 Å². The second-order valence-electron chi connectivity index (χ2n) is 9.62. The summed E-state index contributed by atoms with van der Waals surface area (Å²) >= 11 is 0. The average molecular weight is 605 g/mol. The smallest absolute Gasteiger partial charge is 0.359 e. The molecule has 0 radical (unpaired) electrons. The number of urea groups is 1. The summed E-state index contributed by atoms with van der Waals surface area (Å²) in [5.41, 5.74) is 9.72.